The molecule has 0 saturated heterocycles. The van der Waals surface area contributed by atoms with Gasteiger partial charge in [-0.3, -0.25) is 4.79 Å². The maximum Gasteiger partial charge on any atom is 0.193 e. The number of ether oxygens (including phenoxy) is 2. The van der Waals surface area contributed by atoms with E-state index in [1.165, 1.54) is 0 Å². The van der Waals surface area contributed by atoms with Crippen LogP contribution in [-0.4, -0.2) is 20.0 Å². The summed E-state index contributed by atoms with van der Waals surface area (Å²) >= 11 is 0. The fraction of sp³-hybridized carbons (Fsp3) is 0.316. The molecule has 2 rings (SSSR count). The van der Waals surface area contributed by atoms with Gasteiger partial charge in [-0.2, -0.15) is 0 Å². The first kappa shape index (κ1) is 16.1. The molecule has 0 saturated carbocycles. The molecule has 2 aromatic carbocycles. The molecule has 0 amide bonds. The fourth-order valence-electron chi connectivity index (χ4n) is 2.56. The summed E-state index contributed by atoms with van der Waals surface area (Å²) in [6.07, 6.45) is 1.65. The molecule has 2 aromatic rings. The molecular formula is C19H22O3. The van der Waals surface area contributed by atoms with Crippen molar-refractivity contribution >= 4 is 5.78 Å². The molecule has 22 heavy (non-hydrogen) atoms. The van der Waals surface area contributed by atoms with Crippen LogP contribution in [0.25, 0.3) is 0 Å². The molecule has 0 aromatic heterocycles. The van der Waals surface area contributed by atoms with Crippen molar-refractivity contribution in [2.75, 3.05) is 14.2 Å². The summed E-state index contributed by atoms with van der Waals surface area (Å²) in [5, 5.41) is 0. The molecule has 0 radical (unpaired) electrons. The third-order valence-electron chi connectivity index (χ3n) is 3.85. The second-order valence-corrected chi connectivity index (χ2v) is 5.09. The van der Waals surface area contributed by atoms with E-state index in [2.05, 4.69) is 13.8 Å². The number of carbonyl (C=O) groups is 1. The summed E-state index contributed by atoms with van der Waals surface area (Å²) in [7, 11) is 3.29. The quantitative estimate of drug-likeness (QED) is 0.754. The summed E-state index contributed by atoms with van der Waals surface area (Å²) in [6.45, 7) is 4.10. The molecular weight excluding hydrogens is 276 g/mol. The first-order chi connectivity index (χ1) is 10.6. The minimum Gasteiger partial charge on any atom is -0.496 e. The highest BCUT2D eigenvalue weighted by molar-refractivity contribution is 6.09. The van der Waals surface area contributed by atoms with Gasteiger partial charge >= 0.3 is 0 Å². The van der Waals surface area contributed by atoms with Crippen LogP contribution in [0.5, 0.6) is 11.5 Å². The summed E-state index contributed by atoms with van der Waals surface area (Å²) < 4.78 is 10.6. The van der Waals surface area contributed by atoms with Gasteiger partial charge in [-0.15, -0.1) is 0 Å². The lowest BCUT2D eigenvalue weighted by molar-refractivity contribution is 0.103. The minimum atomic E-state index is 0.0229. The molecule has 0 fully saturated rings. The Morgan fingerprint density at radius 2 is 1.23 bits per heavy atom. The summed E-state index contributed by atoms with van der Waals surface area (Å²) in [6, 6.07) is 11.2. The maximum absolute atomic E-state index is 12.7. The SMILES string of the molecule is CCc1cc(C(=O)c2ccc(OC)c(CC)c2)ccc1OC. The maximum atomic E-state index is 12.7. The molecule has 0 atom stereocenters. The lowest BCUT2D eigenvalue weighted by Crippen LogP contribution is -2.04. The van der Waals surface area contributed by atoms with Gasteiger partial charge in [0.2, 0.25) is 0 Å². The Morgan fingerprint density at radius 3 is 1.55 bits per heavy atom. The Labute approximate surface area is 131 Å². The van der Waals surface area contributed by atoms with E-state index in [1.54, 1.807) is 14.2 Å². The highest BCUT2D eigenvalue weighted by Crippen LogP contribution is 2.25. The Kier molecular flexibility index (Phi) is 5.21. The molecule has 0 unspecified atom stereocenters. The van der Waals surface area contributed by atoms with Gasteiger partial charge in [0.05, 0.1) is 14.2 Å². The standard InChI is InChI=1S/C19H22O3/c1-5-13-11-15(7-9-17(13)21-3)19(20)16-8-10-18(22-4)14(6-2)12-16/h7-12H,5-6H2,1-4H3. The van der Waals surface area contributed by atoms with Crippen LogP contribution >= 0.6 is 0 Å². The third kappa shape index (κ3) is 3.14. The van der Waals surface area contributed by atoms with Crippen LogP contribution in [-0.2, 0) is 12.8 Å². The van der Waals surface area contributed by atoms with E-state index in [4.69, 9.17) is 9.47 Å². The van der Waals surface area contributed by atoms with Gasteiger partial charge in [0.25, 0.3) is 0 Å². The summed E-state index contributed by atoms with van der Waals surface area (Å²) in [4.78, 5) is 12.7. The highest BCUT2D eigenvalue weighted by atomic mass is 16.5. The van der Waals surface area contributed by atoms with Gasteiger partial charge in [0, 0.05) is 11.1 Å². The van der Waals surface area contributed by atoms with Crippen LogP contribution in [0.3, 0.4) is 0 Å². The van der Waals surface area contributed by atoms with Crippen LogP contribution in [0.4, 0.5) is 0 Å². The zero-order chi connectivity index (χ0) is 16.1. The number of ketones is 1. The average Bonchev–Trinajstić information content (AvgIpc) is 2.59. The molecule has 0 heterocycles. The van der Waals surface area contributed by atoms with Crippen LogP contribution < -0.4 is 9.47 Å². The van der Waals surface area contributed by atoms with Crippen LogP contribution in [0.15, 0.2) is 36.4 Å². The highest BCUT2D eigenvalue weighted by Gasteiger charge is 2.13. The van der Waals surface area contributed by atoms with Gasteiger partial charge in [0.1, 0.15) is 11.5 Å². The average molecular weight is 298 g/mol. The van der Waals surface area contributed by atoms with Crippen molar-refractivity contribution in [2.24, 2.45) is 0 Å². The smallest absolute Gasteiger partial charge is 0.193 e. The van der Waals surface area contributed by atoms with E-state index in [9.17, 15) is 4.79 Å². The van der Waals surface area contributed by atoms with Gasteiger partial charge in [-0.05, 0) is 60.4 Å². The second kappa shape index (κ2) is 7.12. The van der Waals surface area contributed by atoms with Crippen LogP contribution in [0.1, 0.15) is 40.9 Å². The Morgan fingerprint density at radius 1 is 0.818 bits per heavy atom. The van der Waals surface area contributed by atoms with Crippen LogP contribution in [0, 0.1) is 0 Å². The predicted molar refractivity (Wildman–Crippen MR) is 88.2 cm³/mol. The van der Waals surface area contributed by atoms with Gasteiger partial charge in [-0.25, -0.2) is 0 Å². The number of aryl methyl sites for hydroxylation is 2. The van der Waals surface area contributed by atoms with E-state index in [-0.39, 0.29) is 5.78 Å². The van der Waals surface area contributed by atoms with Gasteiger partial charge in [-0.1, -0.05) is 13.8 Å². The van der Waals surface area contributed by atoms with E-state index < -0.39 is 0 Å². The summed E-state index contributed by atoms with van der Waals surface area (Å²) in [5.74, 6) is 1.67. The minimum absolute atomic E-state index is 0.0229. The molecule has 0 aliphatic heterocycles. The third-order valence-corrected chi connectivity index (χ3v) is 3.85. The number of methoxy groups -OCH3 is 2. The van der Waals surface area contributed by atoms with Crippen molar-refractivity contribution in [3.63, 3.8) is 0 Å². The molecule has 0 N–H and O–H groups in total. The fourth-order valence-corrected chi connectivity index (χ4v) is 2.56. The largest absolute Gasteiger partial charge is 0.496 e. The van der Waals surface area contributed by atoms with Crippen molar-refractivity contribution in [1.29, 1.82) is 0 Å². The monoisotopic (exact) mass is 298 g/mol. The second-order valence-electron chi connectivity index (χ2n) is 5.09. The number of rotatable bonds is 6. The Bertz CT molecular complexity index is 617. The Hall–Kier alpha value is -2.29. The lowest BCUT2D eigenvalue weighted by atomic mass is 9.97. The summed E-state index contributed by atoms with van der Waals surface area (Å²) in [5.41, 5.74) is 3.45. The van der Waals surface area contributed by atoms with E-state index in [1.807, 2.05) is 36.4 Å². The normalized spacial score (nSPS) is 10.4. The van der Waals surface area contributed by atoms with Crippen molar-refractivity contribution < 1.29 is 14.3 Å². The molecule has 3 heteroatoms. The van der Waals surface area contributed by atoms with Crippen LogP contribution in [0.2, 0.25) is 0 Å². The first-order valence-corrected chi connectivity index (χ1v) is 7.53. The zero-order valence-electron chi connectivity index (χ0n) is 13.6. The molecule has 0 aliphatic rings. The Balaban J connectivity index is 2.39. The van der Waals surface area contributed by atoms with Crippen molar-refractivity contribution in [3.8, 4) is 11.5 Å². The molecule has 0 bridgehead atoms. The number of hydrogen-bond donors (Lipinski definition) is 0. The number of carbonyl (C=O) groups excluding carboxylic acids is 1. The van der Waals surface area contributed by atoms with E-state index in [0.29, 0.717) is 11.1 Å². The molecule has 116 valence electrons. The van der Waals surface area contributed by atoms with Crippen molar-refractivity contribution in [2.45, 2.75) is 26.7 Å². The van der Waals surface area contributed by atoms with Crippen molar-refractivity contribution in [3.05, 3.63) is 58.7 Å². The molecule has 0 spiro atoms. The van der Waals surface area contributed by atoms with Gasteiger partial charge in [0.15, 0.2) is 5.78 Å². The van der Waals surface area contributed by atoms with Gasteiger partial charge < -0.3 is 9.47 Å². The van der Waals surface area contributed by atoms with E-state index >= 15 is 0 Å². The first-order valence-electron chi connectivity index (χ1n) is 7.53. The zero-order valence-corrected chi connectivity index (χ0v) is 13.6. The lowest BCUT2D eigenvalue weighted by Gasteiger charge is -2.11. The molecule has 3 nitrogen and oxygen atoms in total. The molecule has 0 aliphatic carbocycles. The predicted octanol–water partition coefficient (Wildman–Crippen LogP) is 4.06. The number of benzene rings is 2. The van der Waals surface area contributed by atoms with E-state index in [0.717, 1.165) is 35.5 Å². The number of hydrogen-bond acceptors (Lipinski definition) is 3. The topological polar surface area (TPSA) is 35.5 Å². The van der Waals surface area contributed by atoms with Crippen molar-refractivity contribution in [1.82, 2.24) is 0 Å².